The lowest BCUT2D eigenvalue weighted by Crippen LogP contribution is -3.05. The van der Waals surface area contributed by atoms with Gasteiger partial charge in [-0.3, -0.25) is 0 Å². The molecule has 0 fully saturated rings. The van der Waals surface area contributed by atoms with Gasteiger partial charge in [0.15, 0.2) is 0 Å². The highest BCUT2D eigenvalue weighted by atomic mass is 35.5. The van der Waals surface area contributed by atoms with E-state index in [1.54, 1.807) is 18.2 Å². The van der Waals surface area contributed by atoms with Crippen LogP contribution in [0.4, 0.5) is 0 Å². The van der Waals surface area contributed by atoms with Crippen LogP contribution in [0.2, 0.25) is 5.02 Å². The molecule has 0 saturated carbocycles. The minimum absolute atomic E-state index is 0.531. The molecule has 4 nitrogen and oxygen atoms in total. The molecule has 1 N–H and O–H groups in total. The van der Waals surface area contributed by atoms with Crippen LogP contribution in [0.15, 0.2) is 24.3 Å². The third-order valence-electron chi connectivity index (χ3n) is 2.45. The van der Waals surface area contributed by atoms with Gasteiger partial charge in [-0.25, -0.2) is 0 Å². The number of nitrogens with one attached hydrogen (secondary N) is 1. The average Bonchev–Trinajstić information content (AvgIpc) is 2.33. The number of carboxylic acid groups (broad SMARTS) is 1. The predicted octanol–water partition coefficient (Wildman–Crippen LogP) is 0.0165. The fraction of sp³-hybridized carbons (Fsp3) is 0.357. The lowest BCUT2D eigenvalue weighted by Gasteiger charge is -2.11. The summed E-state index contributed by atoms with van der Waals surface area (Å²) in [5.74, 6) is -0.627. The van der Waals surface area contributed by atoms with Crippen LogP contribution in [0.5, 0.6) is 5.75 Å². The van der Waals surface area contributed by atoms with Crippen molar-refractivity contribution in [3.63, 3.8) is 0 Å². The van der Waals surface area contributed by atoms with Crippen molar-refractivity contribution in [2.75, 3.05) is 27.2 Å². The van der Waals surface area contributed by atoms with E-state index in [4.69, 9.17) is 16.3 Å². The van der Waals surface area contributed by atoms with E-state index >= 15 is 0 Å². The molecule has 0 aliphatic heterocycles. The summed E-state index contributed by atoms with van der Waals surface area (Å²) in [5, 5.41) is 11.0. The Balaban J connectivity index is 2.68. The highest BCUT2D eigenvalue weighted by Crippen LogP contribution is 2.24. The summed E-state index contributed by atoms with van der Waals surface area (Å²) in [5.41, 5.74) is 0.633. The first kappa shape index (κ1) is 15.5. The minimum atomic E-state index is -1.25. The third kappa shape index (κ3) is 6.27. The Morgan fingerprint density at radius 3 is 2.84 bits per heavy atom. The molecular weight excluding hydrogens is 266 g/mol. The second-order valence-corrected chi connectivity index (χ2v) is 4.93. The zero-order chi connectivity index (χ0) is 14.3. The molecule has 0 aliphatic rings. The molecule has 0 aliphatic carbocycles. The Morgan fingerprint density at radius 2 is 2.21 bits per heavy atom. The summed E-state index contributed by atoms with van der Waals surface area (Å²) in [6, 6.07) is 5.11. The van der Waals surface area contributed by atoms with Gasteiger partial charge in [0.25, 0.3) is 0 Å². The number of carboxylic acids is 1. The fourth-order valence-corrected chi connectivity index (χ4v) is 1.73. The van der Waals surface area contributed by atoms with Crippen molar-refractivity contribution in [1.29, 1.82) is 0 Å². The predicted molar refractivity (Wildman–Crippen MR) is 73.3 cm³/mol. The van der Waals surface area contributed by atoms with E-state index in [9.17, 15) is 9.90 Å². The van der Waals surface area contributed by atoms with Crippen LogP contribution in [-0.2, 0) is 4.79 Å². The summed E-state index contributed by atoms with van der Waals surface area (Å²) in [6.45, 7) is 1.59. The SMILES string of the molecule is C[NH+](C)CCCOc1ccc(Cl)cc1/C=C\C(=O)[O-]. The summed E-state index contributed by atoms with van der Waals surface area (Å²) in [4.78, 5) is 11.8. The molecule has 1 aromatic carbocycles. The number of ether oxygens (including phenoxy) is 1. The maximum absolute atomic E-state index is 10.4. The summed E-state index contributed by atoms with van der Waals surface area (Å²) < 4.78 is 5.64. The van der Waals surface area contributed by atoms with E-state index in [1.807, 2.05) is 0 Å². The highest BCUT2D eigenvalue weighted by molar-refractivity contribution is 6.30. The number of aliphatic carboxylic acids is 1. The number of rotatable bonds is 7. The molecule has 0 heterocycles. The molecule has 0 bridgehead atoms. The van der Waals surface area contributed by atoms with Gasteiger partial charge in [-0.15, -0.1) is 0 Å². The van der Waals surface area contributed by atoms with E-state index < -0.39 is 5.97 Å². The number of halogens is 1. The second-order valence-electron chi connectivity index (χ2n) is 4.49. The van der Waals surface area contributed by atoms with Crippen LogP contribution in [0.1, 0.15) is 12.0 Å². The van der Waals surface area contributed by atoms with E-state index in [1.165, 1.54) is 11.0 Å². The van der Waals surface area contributed by atoms with Crippen molar-refractivity contribution in [3.8, 4) is 5.75 Å². The van der Waals surface area contributed by atoms with Crippen molar-refractivity contribution < 1.29 is 19.5 Å². The molecule has 0 unspecified atom stereocenters. The molecule has 0 spiro atoms. The summed E-state index contributed by atoms with van der Waals surface area (Å²) in [7, 11) is 4.16. The van der Waals surface area contributed by atoms with Crippen molar-refractivity contribution in [1.82, 2.24) is 0 Å². The van der Waals surface area contributed by atoms with Gasteiger partial charge < -0.3 is 19.5 Å². The molecule has 0 radical (unpaired) electrons. The van der Waals surface area contributed by atoms with Gasteiger partial charge >= 0.3 is 0 Å². The van der Waals surface area contributed by atoms with Gasteiger partial charge in [0.1, 0.15) is 5.75 Å². The molecule has 0 amide bonds. The monoisotopic (exact) mass is 283 g/mol. The zero-order valence-electron chi connectivity index (χ0n) is 11.1. The van der Waals surface area contributed by atoms with Gasteiger partial charge in [-0.05, 0) is 30.4 Å². The summed E-state index contributed by atoms with van der Waals surface area (Å²) in [6.07, 6.45) is 3.31. The smallest absolute Gasteiger partial charge is 0.126 e. The quantitative estimate of drug-likeness (QED) is 0.567. The summed E-state index contributed by atoms with van der Waals surface area (Å²) >= 11 is 5.88. The topological polar surface area (TPSA) is 53.8 Å². The van der Waals surface area contributed by atoms with Crippen LogP contribution >= 0.6 is 11.6 Å². The molecule has 1 rings (SSSR count). The number of carbonyl (C=O) groups is 1. The molecule has 104 valence electrons. The van der Waals surface area contributed by atoms with Gasteiger partial charge in [-0.2, -0.15) is 0 Å². The van der Waals surface area contributed by atoms with Gasteiger partial charge in [0.2, 0.25) is 0 Å². The first-order valence-corrected chi connectivity index (χ1v) is 6.47. The highest BCUT2D eigenvalue weighted by Gasteiger charge is 2.03. The molecule has 0 aromatic heterocycles. The Labute approximate surface area is 118 Å². The Hall–Kier alpha value is -1.52. The average molecular weight is 284 g/mol. The van der Waals surface area contributed by atoms with Crippen LogP contribution in [-0.4, -0.2) is 33.2 Å². The molecule has 1 aromatic rings. The first-order valence-electron chi connectivity index (χ1n) is 6.09. The second kappa shape index (κ2) is 7.81. The lowest BCUT2D eigenvalue weighted by molar-refractivity contribution is -0.858. The van der Waals surface area contributed by atoms with Gasteiger partial charge in [-0.1, -0.05) is 11.6 Å². The molecule has 5 heteroatoms. The Kier molecular flexibility index (Phi) is 6.39. The molecule has 19 heavy (non-hydrogen) atoms. The minimum Gasteiger partial charge on any atom is -0.545 e. The number of hydrogen-bond donors (Lipinski definition) is 1. The zero-order valence-corrected chi connectivity index (χ0v) is 11.9. The number of quaternary nitrogens is 1. The van der Waals surface area contributed by atoms with Crippen LogP contribution < -0.4 is 14.7 Å². The van der Waals surface area contributed by atoms with Crippen molar-refractivity contribution in [2.24, 2.45) is 0 Å². The number of hydrogen-bond acceptors (Lipinski definition) is 3. The van der Waals surface area contributed by atoms with Crippen LogP contribution in [0, 0.1) is 0 Å². The Morgan fingerprint density at radius 1 is 1.47 bits per heavy atom. The molecule has 0 saturated heterocycles. The Bertz CT molecular complexity index is 458. The molecular formula is C14H18ClNO3. The van der Waals surface area contributed by atoms with E-state index in [-0.39, 0.29) is 0 Å². The van der Waals surface area contributed by atoms with Crippen molar-refractivity contribution >= 4 is 23.6 Å². The first-order chi connectivity index (χ1) is 8.99. The van der Waals surface area contributed by atoms with Crippen LogP contribution in [0.3, 0.4) is 0 Å². The third-order valence-corrected chi connectivity index (χ3v) is 2.68. The maximum atomic E-state index is 10.4. The normalized spacial score (nSPS) is 11.2. The number of carbonyl (C=O) groups excluding carboxylic acids is 1. The van der Waals surface area contributed by atoms with E-state index in [2.05, 4.69) is 14.1 Å². The lowest BCUT2D eigenvalue weighted by atomic mass is 10.2. The van der Waals surface area contributed by atoms with Gasteiger partial charge in [0.05, 0.1) is 33.2 Å². The van der Waals surface area contributed by atoms with Gasteiger partial charge in [0, 0.05) is 17.0 Å². The van der Waals surface area contributed by atoms with E-state index in [0.717, 1.165) is 19.0 Å². The largest absolute Gasteiger partial charge is 0.545 e. The van der Waals surface area contributed by atoms with Crippen molar-refractivity contribution in [3.05, 3.63) is 34.9 Å². The maximum Gasteiger partial charge on any atom is 0.126 e. The van der Waals surface area contributed by atoms with Crippen molar-refractivity contribution in [2.45, 2.75) is 6.42 Å². The standard InChI is InChI=1S/C14H18ClNO3/c1-16(2)8-3-9-19-13-6-5-12(15)10-11(13)4-7-14(17)18/h4-7,10H,3,8-9H2,1-2H3,(H,17,18)/b7-4-. The number of benzene rings is 1. The molecule has 0 atom stereocenters. The van der Waals surface area contributed by atoms with Crippen LogP contribution in [0.25, 0.3) is 6.08 Å². The van der Waals surface area contributed by atoms with E-state index in [0.29, 0.717) is 22.9 Å². The fourth-order valence-electron chi connectivity index (χ4n) is 1.55.